The van der Waals surface area contributed by atoms with E-state index in [-0.39, 0.29) is 17.4 Å². The summed E-state index contributed by atoms with van der Waals surface area (Å²) >= 11 is 0. The predicted octanol–water partition coefficient (Wildman–Crippen LogP) is 6.91. The van der Waals surface area contributed by atoms with E-state index in [0.717, 1.165) is 63.4 Å². The average Bonchev–Trinajstić information content (AvgIpc) is 3.60. The van der Waals surface area contributed by atoms with Gasteiger partial charge in [0.1, 0.15) is 0 Å². The zero-order chi connectivity index (χ0) is 29.7. The van der Waals surface area contributed by atoms with Crippen LogP contribution in [0.5, 0.6) is 0 Å². The maximum Gasteiger partial charge on any atom is 0.338 e. The quantitative estimate of drug-likeness (QED) is 0.254. The van der Waals surface area contributed by atoms with Crippen LogP contribution in [0, 0.1) is 20.8 Å². The number of nitrogens with zero attached hydrogens (tertiary/aromatic N) is 2. The van der Waals surface area contributed by atoms with Gasteiger partial charge in [-0.1, -0.05) is 26.8 Å². The van der Waals surface area contributed by atoms with E-state index in [4.69, 9.17) is 9.97 Å². The molecule has 3 aromatic rings. The van der Waals surface area contributed by atoms with Gasteiger partial charge in [0, 0.05) is 45.7 Å². The van der Waals surface area contributed by atoms with E-state index in [1.165, 1.54) is 5.56 Å². The van der Waals surface area contributed by atoms with Crippen molar-refractivity contribution < 1.29 is 19.8 Å². The molecule has 0 saturated carbocycles. The van der Waals surface area contributed by atoms with Crippen molar-refractivity contribution in [3.05, 3.63) is 80.9 Å². The van der Waals surface area contributed by atoms with Crippen molar-refractivity contribution >= 4 is 45.2 Å². The molecule has 8 bridgehead atoms. The maximum absolute atomic E-state index is 12.5. The van der Waals surface area contributed by atoms with Crippen molar-refractivity contribution in [3.63, 3.8) is 0 Å². The molecule has 0 fully saturated rings. The lowest BCUT2D eigenvalue weighted by molar-refractivity contribution is -0.132. The molecule has 0 saturated heterocycles. The Morgan fingerprint density at radius 3 is 2.00 bits per heavy atom. The molecule has 0 aliphatic carbocycles. The number of allylic oxidation sites excluding steroid dienone is 2. The molecule has 0 unspecified atom stereocenters. The smallest absolute Gasteiger partial charge is 0.338 e. The van der Waals surface area contributed by atoms with Crippen LogP contribution in [0.25, 0.3) is 33.2 Å². The molecule has 2 aliphatic rings. The first kappa shape index (κ1) is 28.1. The highest BCUT2D eigenvalue weighted by Crippen LogP contribution is 2.41. The average molecular weight is 553 g/mol. The van der Waals surface area contributed by atoms with Gasteiger partial charge in [-0.2, -0.15) is 0 Å². The van der Waals surface area contributed by atoms with Crippen LogP contribution >= 0.6 is 0 Å². The molecule has 2 atom stereocenters. The number of carboxylic acid groups (broad SMARTS) is 2. The monoisotopic (exact) mass is 552 g/mol. The van der Waals surface area contributed by atoms with Crippen molar-refractivity contribution in [3.8, 4) is 0 Å². The van der Waals surface area contributed by atoms with E-state index < -0.39 is 11.9 Å². The largest absolute Gasteiger partial charge is 0.478 e. The lowest BCUT2D eigenvalue weighted by Gasteiger charge is -2.13. The SMILES string of the molecule is CCc1c(C)c2cc3[nH]c(cc4nc(c(C)c5nc(cc1[nH]2)C(C)=C5C(=O)O)[C@@H](/C=C/C(=O)O)[C@@H]4C)c(C)c3CC. The van der Waals surface area contributed by atoms with Gasteiger partial charge < -0.3 is 20.2 Å². The minimum absolute atomic E-state index is 0.136. The normalized spacial score (nSPS) is 17.0. The van der Waals surface area contributed by atoms with Gasteiger partial charge in [-0.05, 0) is 92.1 Å². The number of nitrogens with one attached hydrogen (secondary N) is 2. The first-order valence-electron chi connectivity index (χ1n) is 14.0. The predicted molar refractivity (Wildman–Crippen MR) is 162 cm³/mol. The second-order valence-corrected chi connectivity index (χ2v) is 11.0. The highest BCUT2D eigenvalue weighted by atomic mass is 16.4. The third kappa shape index (κ3) is 4.67. The topological polar surface area (TPSA) is 132 Å². The standard InChI is InChI=1S/C33H36N4O4/c1-8-20-15(3)23-12-25-17(5)22(10-11-29(38)39)31(36-25)19(7)32-30(33(40)41)18(6)26(37-32)14-28-21(9-2)16(4)24(35-28)13-27(20)34-23/h10-14,17,22,34-35H,8-9H2,1-7H3,(H,38,39)(H,40,41)/b11-10+,23-12?,24-13?,25-12?,26-14?,27-13?,28-14?,31-19?,32-19?/t17-,22-/m0/s1. The zero-order valence-corrected chi connectivity index (χ0v) is 24.6. The van der Waals surface area contributed by atoms with Crippen LogP contribution in [-0.4, -0.2) is 42.1 Å². The molecule has 212 valence electrons. The zero-order valence-electron chi connectivity index (χ0n) is 24.6. The fourth-order valence-corrected chi connectivity index (χ4v) is 6.27. The van der Waals surface area contributed by atoms with E-state index in [0.29, 0.717) is 28.2 Å². The Bertz CT molecular complexity index is 1840. The molecule has 8 nitrogen and oxygen atoms in total. The van der Waals surface area contributed by atoms with Crippen LogP contribution < -0.4 is 0 Å². The fraction of sp³-hybridized carbons (Fsp3) is 0.333. The molecule has 0 aromatic carbocycles. The Hall–Kier alpha value is -4.46. The van der Waals surface area contributed by atoms with Crippen LogP contribution in [0.3, 0.4) is 0 Å². The molecule has 5 heterocycles. The number of fused-ring (bicyclic) bond motifs is 8. The Kier molecular flexibility index (Phi) is 7.19. The molecular formula is C33H36N4O4. The van der Waals surface area contributed by atoms with E-state index in [2.05, 4.69) is 43.7 Å². The van der Waals surface area contributed by atoms with Crippen molar-refractivity contribution in [1.29, 1.82) is 0 Å². The number of hydrogen-bond donors (Lipinski definition) is 4. The molecule has 4 N–H and O–H groups in total. The number of aromatic amines is 2. The van der Waals surface area contributed by atoms with Crippen LogP contribution in [0.15, 0.2) is 30.4 Å². The number of aliphatic carboxylic acids is 2. The highest BCUT2D eigenvalue weighted by Gasteiger charge is 2.32. The number of carboxylic acids is 2. The van der Waals surface area contributed by atoms with Gasteiger partial charge in [-0.25, -0.2) is 14.6 Å². The van der Waals surface area contributed by atoms with Gasteiger partial charge in [0.05, 0.1) is 22.7 Å². The number of H-pyrrole nitrogens is 2. The molecule has 0 amide bonds. The minimum atomic E-state index is -1.06. The summed E-state index contributed by atoms with van der Waals surface area (Å²) in [5.74, 6) is -2.60. The first-order valence-corrected chi connectivity index (χ1v) is 14.0. The van der Waals surface area contributed by atoms with Crippen LogP contribution in [0.4, 0.5) is 0 Å². The molecule has 41 heavy (non-hydrogen) atoms. The number of aryl methyl sites for hydroxylation is 4. The van der Waals surface area contributed by atoms with Gasteiger partial charge in [0.15, 0.2) is 0 Å². The number of hydrogen-bond acceptors (Lipinski definition) is 4. The second kappa shape index (κ2) is 10.5. The van der Waals surface area contributed by atoms with Crippen molar-refractivity contribution in [2.45, 2.75) is 73.1 Å². The van der Waals surface area contributed by atoms with E-state index in [9.17, 15) is 19.8 Å². The Balaban J connectivity index is 2.01. The van der Waals surface area contributed by atoms with Gasteiger partial charge in [0.2, 0.25) is 0 Å². The molecule has 2 aliphatic heterocycles. The van der Waals surface area contributed by atoms with Crippen LogP contribution in [0.2, 0.25) is 0 Å². The Labute approximate surface area is 238 Å². The van der Waals surface area contributed by atoms with Gasteiger partial charge in [-0.3, -0.25) is 4.98 Å². The van der Waals surface area contributed by atoms with E-state index >= 15 is 0 Å². The molecule has 0 radical (unpaired) electrons. The maximum atomic E-state index is 12.5. The fourth-order valence-electron chi connectivity index (χ4n) is 6.27. The summed E-state index contributed by atoms with van der Waals surface area (Å²) in [5, 5.41) is 19.6. The third-order valence-corrected chi connectivity index (χ3v) is 8.67. The van der Waals surface area contributed by atoms with Crippen LogP contribution in [0.1, 0.15) is 90.1 Å². The number of aromatic nitrogens is 4. The lowest BCUT2D eigenvalue weighted by Crippen LogP contribution is -2.05. The molecule has 0 spiro atoms. The molecular weight excluding hydrogens is 516 g/mol. The summed E-state index contributed by atoms with van der Waals surface area (Å²) in [4.78, 5) is 41.1. The van der Waals surface area contributed by atoms with Crippen molar-refractivity contribution in [1.82, 2.24) is 19.9 Å². The Morgan fingerprint density at radius 1 is 0.854 bits per heavy atom. The summed E-state index contributed by atoms with van der Waals surface area (Å²) in [6.45, 7) is 14.1. The molecule has 3 aromatic heterocycles. The summed E-state index contributed by atoms with van der Waals surface area (Å²) in [6.07, 6.45) is 4.44. The van der Waals surface area contributed by atoms with E-state index in [1.807, 2.05) is 26.0 Å². The van der Waals surface area contributed by atoms with Gasteiger partial charge in [0.25, 0.3) is 0 Å². The second-order valence-electron chi connectivity index (χ2n) is 11.0. The van der Waals surface area contributed by atoms with Crippen LogP contribution in [-0.2, 0) is 22.4 Å². The minimum Gasteiger partial charge on any atom is -0.478 e. The summed E-state index contributed by atoms with van der Waals surface area (Å²) < 4.78 is 0. The van der Waals surface area contributed by atoms with E-state index in [1.54, 1.807) is 13.0 Å². The first-order chi connectivity index (χ1) is 19.5. The lowest BCUT2D eigenvalue weighted by atomic mass is 9.88. The van der Waals surface area contributed by atoms with Crippen molar-refractivity contribution in [2.75, 3.05) is 0 Å². The number of carbonyl (C=O) groups is 2. The summed E-state index contributed by atoms with van der Waals surface area (Å²) in [7, 11) is 0. The highest BCUT2D eigenvalue weighted by molar-refractivity contribution is 6.24. The van der Waals surface area contributed by atoms with Crippen molar-refractivity contribution in [2.24, 2.45) is 0 Å². The van der Waals surface area contributed by atoms with Gasteiger partial charge >= 0.3 is 11.9 Å². The third-order valence-electron chi connectivity index (χ3n) is 8.67. The Morgan fingerprint density at radius 2 is 1.44 bits per heavy atom. The summed E-state index contributed by atoms with van der Waals surface area (Å²) in [6, 6.07) is 6.12. The molecule has 8 heteroatoms. The molecule has 5 rings (SSSR count). The van der Waals surface area contributed by atoms with Gasteiger partial charge in [-0.15, -0.1) is 0 Å². The number of rotatable bonds is 5. The summed E-state index contributed by atoms with van der Waals surface area (Å²) in [5.41, 5.74) is 12.2.